The molecular formula is C13H20N2O2S. The van der Waals surface area contributed by atoms with Crippen LogP contribution in [0.2, 0.25) is 0 Å². The molecule has 18 heavy (non-hydrogen) atoms. The summed E-state index contributed by atoms with van der Waals surface area (Å²) in [4.78, 5) is 2.56. The molecule has 1 heterocycles. The third kappa shape index (κ3) is 2.12. The van der Waals surface area contributed by atoms with Crippen LogP contribution in [0.15, 0.2) is 17.0 Å². The van der Waals surface area contributed by atoms with Crippen molar-refractivity contribution in [2.75, 3.05) is 23.7 Å². The van der Waals surface area contributed by atoms with Crippen LogP contribution in [0.25, 0.3) is 0 Å². The van der Waals surface area contributed by atoms with Gasteiger partial charge >= 0.3 is 0 Å². The number of sulfone groups is 1. The first-order valence-electron chi connectivity index (χ1n) is 6.17. The van der Waals surface area contributed by atoms with Crippen LogP contribution in [0.1, 0.15) is 18.1 Å². The minimum atomic E-state index is -3.14. The SMILES string of the molecule is Cc1cc2c(cc1C)S(=O)(=O)CCN2C(C)CN. The van der Waals surface area contributed by atoms with Crippen LogP contribution in [0.3, 0.4) is 0 Å². The minimum Gasteiger partial charge on any atom is -0.365 e. The van der Waals surface area contributed by atoms with Crippen molar-refractivity contribution in [3.05, 3.63) is 23.3 Å². The van der Waals surface area contributed by atoms with E-state index in [-0.39, 0.29) is 11.8 Å². The lowest BCUT2D eigenvalue weighted by atomic mass is 10.1. The van der Waals surface area contributed by atoms with Crippen LogP contribution in [0.5, 0.6) is 0 Å². The summed E-state index contributed by atoms with van der Waals surface area (Å²) < 4.78 is 24.3. The number of anilines is 1. The van der Waals surface area contributed by atoms with E-state index < -0.39 is 9.84 Å². The van der Waals surface area contributed by atoms with Crippen LogP contribution in [0, 0.1) is 13.8 Å². The van der Waals surface area contributed by atoms with Gasteiger partial charge in [0, 0.05) is 19.1 Å². The second-order valence-corrected chi connectivity index (χ2v) is 7.08. The predicted octanol–water partition coefficient (Wildman–Crippen LogP) is 1.24. The molecule has 2 rings (SSSR count). The van der Waals surface area contributed by atoms with E-state index in [0.29, 0.717) is 18.0 Å². The van der Waals surface area contributed by atoms with Crippen LogP contribution < -0.4 is 10.6 Å². The quantitative estimate of drug-likeness (QED) is 0.876. The Bertz CT molecular complexity index is 567. The van der Waals surface area contributed by atoms with Gasteiger partial charge in [-0.25, -0.2) is 8.42 Å². The molecule has 1 unspecified atom stereocenters. The van der Waals surface area contributed by atoms with Gasteiger partial charge in [0.05, 0.1) is 16.3 Å². The van der Waals surface area contributed by atoms with Crippen LogP contribution >= 0.6 is 0 Å². The van der Waals surface area contributed by atoms with Crippen LogP contribution in [0.4, 0.5) is 5.69 Å². The van der Waals surface area contributed by atoms with E-state index >= 15 is 0 Å². The van der Waals surface area contributed by atoms with Crippen LogP contribution in [-0.4, -0.2) is 33.3 Å². The van der Waals surface area contributed by atoms with Crippen molar-refractivity contribution in [3.8, 4) is 0 Å². The van der Waals surface area contributed by atoms with Crippen molar-refractivity contribution < 1.29 is 8.42 Å². The average Bonchev–Trinajstić information content (AvgIpc) is 2.31. The smallest absolute Gasteiger partial charge is 0.182 e. The zero-order valence-corrected chi connectivity index (χ0v) is 11.9. The summed E-state index contributed by atoms with van der Waals surface area (Å²) in [5.74, 6) is 0.173. The number of benzene rings is 1. The Hall–Kier alpha value is -1.07. The van der Waals surface area contributed by atoms with Crippen molar-refractivity contribution in [2.24, 2.45) is 5.73 Å². The number of rotatable bonds is 2. The molecule has 1 aliphatic rings. The van der Waals surface area contributed by atoms with Crippen molar-refractivity contribution in [3.63, 3.8) is 0 Å². The van der Waals surface area contributed by atoms with Gasteiger partial charge < -0.3 is 10.6 Å². The molecule has 2 N–H and O–H groups in total. The first kappa shape index (κ1) is 13.4. The largest absolute Gasteiger partial charge is 0.365 e. The van der Waals surface area contributed by atoms with Crippen molar-refractivity contribution >= 4 is 15.5 Å². The molecule has 1 aromatic rings. The Morgan fingerprint density at radius 3 is 2.56 bits per heavy atom. The molecule has 0 aromatic heterocycles. The van der Waals surface area contributed by atoms with Gasteiger partial charge in [0.15, 0.2) is 9.84 Å². The molecule has 100 valence electrons. The fourth-order valence-electron chi connectivity index (χ4n) is 2.28. The molecule has 0 amide bonds. The summed E-state index contributed by atoms with van der Waals surface area (Å²) in [5, 5.41) is 0. The highest BCUT2D eigenvalue weighted by atomic mass is 32.2. The zero-order chi connectivity index (χ0) is 13.5. The standard InChI is InChI=1S/C13H20N2O2S/c1-9-6-12-13(7-10(9)2)18(16,17)5-4-15(12)11(3)8-14/h6-7,11H,4-5,8,14H2,1-3H3. The second kappa shape index (κ2) is 4.55. The molecule has 4 nitrogen and oxygen atoms in total. The zero-order valence-electron chi connectivity index (χ0n) is 11.1. The van der Waals surface area contributed by atoms with Gasteiger partial charge in [0.1, 0.15) is 0 Å². The Labute approximate surface area is 109 Å². The Balaban J connectivity index is 2.63. The lowest BCUT2D eigenvalue weighted by molar-refractivity contribution is 0.579. The molecule has 0 saturated heterocycles. The molecule has 1 aliphatic heterocycles. The summed E-state index contributed by atoms with van der Waals surface area (Å²) in [6.45, 7) is 7.01. The molecule has 0 bridgehead atoms. The van der Waals surface area contributed by atoms with E-state index in [2.05, 4.69) is 4.90 Å². The molecule has 5 heteroatoms. The fraction of sp³-hybridized carbons (Fsp3) is 0.538. The molecule has 1 aromatic carbocycles. The number of aryl methyl sites for hydroxylation is 2. The van der Waals surface area contributed by atoms with Gasteiger partial charge in [-0.15, -0.1) is 0 Å². The first-order chi connectivity index (χ1) is 8.36. The first-order valence-corrected chi connectivity index (χ1v) is 7.82. The Kier molecular flexibility index (Phi) is 3.38. The molecule has 0 radical (unpaired) electrons. The van der Waals surface area contributed by atoms with Gasteiger partial charge in [0.2, 0.25) is 0 Å². The van der Waals surface area contributed by atoms with Crippen molar-refractivity contribution in [1.82, 2.24) is 0 Å². The highest BCUT2D eigenvalue weighted by molar-refractivity contribution is 7.91. The third-order valence-corrected chi connectivity index (χ3v) is 5.41. The summed E-state index contributed by atoms with van der Waals surface area (Å²) in [7, 11) is -3.14. The van der Waals surface area contributed by atoms with E-state index in [1.54, 1.807) is 6.07 Å². The second-order valence-electron chi connectivity index (χ2n) is 5.00. The molecular weight excluding hydrogens is 248 g/mol. The maximum absolute atomic E-state index is 12.1. The Morgan fingerprint density at radius 2 is 1.94 bits per heavy atom. The van der Waals surface area contributed by atoms with Crippen molar-refractivity contribution in [2.45, 2.75) is 31.7 Å². The van der Waals surface area contributed by atoms with Crippen LogP contribution in [-0.2, 0) is 9.84 Å². The van der Waals surface area contributed by atoms with Crippen molar-refractivity contribution in [1.29, 1.82) is 0 Å². The lowest BCUT2D eigenvalue weighted by Crippen LogP contribution is -2.44. The number of nitrogens with two attached hydrogens (primary N) is 1. The minimum absolute atomic E-state index is 0.154. The van der Waals surface area contributed by atoms with Gasteiger partial charge in [-0.2, -0.15) is 0 Å². The van der Waals surface area contributed by atoms with E-state index in [9.17, 15) is 8.42 Å². The highest BCUT2D eigenvalue weighted by Crippen LogP contribution is 2.34. The monoisotopic (exact) mass is 268 g/mol. The number of hydrogen-bond donors (Lipinski definition) is 1. The number of nitrogens with zero attached hydrogens (tertiary/aromatic N) is 1. The third-order valence-electron chi connectivity index (χ3n) is 3.69. The van der Waals surface area contributed by atoms with Gasteiger partial charge in [-0.1, -0.05) is 0 Å². The number of fused-ring (bicyclic) bond motifs is 1. The normalized spacial score (nSPS) is 19.4. The van der Waals surface area contributed by atoms with Gasteiger partial charge in [-0.3, -0.25) is 0 Å². The molecule has 0 fully saturated rings. The van der Waals surface area contributed by atoms with Gasteiger partial charge in [-0.05, 0) is 44.0 Å². The topological polar surface area (TPSA) is 63.4 Å². The average molecular weight is 268 g/mol. The van der Waals surface area contributed by atoms with Gasteiger partial charge in [0.25, 0.3) is 0 Å². The fourth-order valence-corrected chi connectivity index (χ4v) is 3.79. The van der Waals surface area contributed by atoms with E-state index in [4.69, 9.17) is 5.73 Å². The Morgan fingerprint density at radius 1 is 1.33 bits per heavy atom. The molecule has 0 saturated carbocycles. The summed E-state index contributed by atoms with van der Waals surface area (Å²) in [6, 6.07) is 3.91. The molecule has 0 aliphatic carbocycles. The summed E-state index contributed by atoms with van der Waals surface area (Å²) in [6.07, 6.45) is 0. The molecule has 1 atom stereocenters. The summed E-state index contributed by atoms with van der Waals surface area (Å²) >= 11 is 0. The maximum Gasteiger partial charge on any atom is 0.182 e. The van der Waals surface area contributed by atoms with E-state index in [1.807, 2.05) is 26.8 Å². The summed E-state index contributed by atoms with van der Waals surface area (Å²) in [5.41, 5.74) is 8.64. The highest BCUT2D eigenvalue weighted by Gasteiger charge is 2.30. The molecule has 0 spiro atoms. The van der Waals surface area contributed by atoms with E-state index in [1.165, 1.54) is 0 Å². The lowest BCUT2D eigenvalue weighted by Gasteiger charge is -2.36. The maximum atomic E-state index is 12.1. The predicted molar refractivity (Wildman–Crippen MR) is 73.8 cm³/mol. The van der Waals surface area contributed by atoms with E-state index in [0.717, 1.165) is 16.8 Å². The number of hydrogen-bond acceptors (Lipinski definition) is 4.